The van der Waals surface area contributed by atoms with Crippen molar-refractivity contribution >= 4 is 27.5 Å². The number of fused-ring (bicyclic) bond motifs is 3. The molecule has 0 amide bonds. The van der Waals surface area contributed by atoms with Gasteiger partial charge in [-0.2, -0.15) is 0 Å². The summed E-state index contributed by atoms with van der Waals surface area (Å²) in [5, 5.41) is 2.93. The van der Waals surface area contributed by atoms with Crippen molar-refractivity contribution in [3.8, 4) is 0 Å². The zero-order valence-corrected chi connectivity index (χ0v) is 12.9. The monoisotopic (exact) mass is 314 g/mol. The molecular weight excluding hydrogens is 300 g/mol. The quantitative estimate of drug-likeness (QED) is 0.320. The third-order valence-corrected chi connectivity index (χ3v) is 4.16. The Morgan fingerprint density at radius 3 is 2.42 bits per heavy atom. The van der Waals surface area contributed by atoms with Crippen LogP contribution in [-0.4, -0.2) is 5.78 Å². The highest BCUT2D eigenvalue weighted by atomic mass is 16.4. The molecule has 4 rings (SSSR count). The van der Waals surface area contributed by atoms with E-state index in [9.17, 15) is 9.59 Å². The zero-order chi connectivity index (χ0) is 16.5. The number of Topliss-reactive ketones (excluding diaryl/α,β-unsaturated/α-hetero) is 1. The molecule has 116 valence electrons. The van der Waals surface area contributed by atoms with Gasteiger partial charge >= 0.3 is 5.63 Å². The van der Waals surface area contributed by atoms with E-state index in [1.165, 1.54) is 0 Å². The van der Waals surface area contributed by atoms with Gasteiger partial charge in [0.1, 0.15) is 5.58 Å². The fourth-order valence-corrected chi connectivity index (χ4v) is 2.93. The second-order valence-electron chi connectivity index (χ2n) is 5.72. The van der Waals surface area contributed by atoms with Crippen LogP contribution in [-0.2, 0) is 6.42 Å². The number of carbonyl (C=O) groups is 1. The van der Waals surface area contributed by atoms with E-state index in [1.54, 1.807) is 24.3 Å². The standard InChI is InChI=1S/C21H14O3/c22-19(15-7-2-1-3-8-15)13-16-12-18-17-9-5-4-6-14(17)10-11-20(18)24-21(16)23/h1-12H,13H2. The normalized spacial score (nSPS) is 11.0. The van der Waals surface area contributed by atoms with Crippen LogP contribution in [0.3, 0.4) is 0 Å². The molecule has 0 unspecified atom stereocenters. The lowest BCUT2D eigenvalue weighted by Crippen LogP contribution is -2.13. The second kappa shape index (κ2) is 5.78. The number of rotatable bonds is 3. The topological polar surface area (TPSA) is 47.3 Å². The van der Waals surface area contributed by atoms with Crippen molar-refractivity contribution < 1.29 is 9.21 Å². The summed E-state index contributed by atoms with van der Waals surface area (Å²) in [5.41, 5.74) is 1.05. The smallest absolute Gasteiger partial charge is 0.339 e. The Balaban J connectivity index is 1.84. The number of hydrogen-bond donors (Lipinski definition) is 0. The van der Waals surface area contributed by atoms with Crippen LogP contribution in [0.5, 0.6) is 0 Å². The van der Waals surface area contributed by atoms with Crippen molar-refractivity contribution in [2.45, 2.75) is 6.42 Å². The maximum Gasteiger partial charge on any atom is 0.339 e. The van der Waals surface area contributed by atoms with Gasteiger partial charge in [0.15, 0.2) is 5.78 Å². The lowest BCUT2D eigenvalue weighted by molar-refractivity contribution is 0.0992. The summed E-state index contributed by atoms with van der Waals surface area (Å²) in [7, 11) is 0. The fraction of sp³-hybridized carbons (Fsp3) is 0.0476. The summed E-state index contributed by atoms with van der Waals surface area (Å²) in [4.78, 5) is 24.6. The van der Waals surface area contributed by atoms with Gasteiger partial charge < -0.3 is 4.42 Å². The fourth-order valence-electron chi connectivity index (χ4n) is 2.93. The van der Waals surface area contributed by atoms with Crippen LogP contribution in [0.15, 0.2) is 82.0 Å². The van der Waals surface area contributed by atoms with Crippen molar-refractivity contribution in [3.05, 3.63) is 94.3 Å². The molecule has 3 heteroatoms. The third-order valence-electron chi connectivity index (χ3n) is 4.16. The van der Waals surface area contributed by atoms with Crippen LogP contribution in [0.4, 0.5) is 0 Å². The summed E-state index contributed by atoms with van der Waals surface area (Å²) in [6, 6.07) is 22.4. The van der Waals surface area contributed by atoms with Crippen molar-refractivity contribution in [1.29, 1.82) is 0 Å². The van der Waals surface area contributed by atoms with Crippen LogP contribution in [0.2, 0.25) is 0 Å². The highest BCUT2D eigenvalue weighted by Gasteiger charge is 2.13. The maximum atomic E-state index is 12.4. The maximum absolute atomic E-state index is 12.4. The Morgan fingerprint density at radius 1 is 0.833 bits per heavy atom. The minimum absolute atomic E-state index is 0.0332. The molecule has 0 spiro atoms. The van der Waals surface area contributed by atoms with Gasteiger partial charge in [0.2, 0.25) is 0 Å². The third kappa shape index (κ3) is 2.50. The van der Waals surface area contributed by atoms with Crippen LogP contribution in [0.1, 0.15) is 15.9 Å². The number of hydrogen-bond acceptors (Lipinski definition) is 3. The van der Waals surface area contributed by atoms with Crippen LogP contribution in [0, 0.1) is 0 Å². The van der Waals surface area contributed by atoms with Crippen molar-refractivity contribution in [1.82, 2.24) is 0 Å². The van der Waals surface area contributed by atoms with Gasteiger partial charge in [0.05, 0.1) is 0 Å². The van der Waals surface area contributed by atoms with Gasteiger partial charge in [-0.25, -0.2) is 4.79 Å². The predicted octanol–water partition coefficient (Wildman–Crippen LogP) is 4.37. The van der Waals surface area contributed by atoms with E-state index < -0.39 is 5.63 Å². The van der Waals surface area contributed by atoms with Crippen LogP contribution in [0.25, 0.3) is 21.7 Å². The molecule has 24 heavy (non-hydrogen) atoms. The summed E-state index contributed by atoms with van der Waals surface area (Å²) in [6.07, 6.45) is 0.0332. The molecule has 0 radical (unpaired) electrons. The molecule has 3 nitrogen and oxygen atoms in total. The highest BCUT2D eigenvalue weighted by molar-refractivity contribution is 6.06. The first-order chi connectivity index (χ1) is 11.7. The lowest BCUT2D eigenvalue weighted by Gasteiger charge is -2.05. The number of benzene rings is 3. The van der Waals surface area contributed by atoms with Gasteiger partial charge in [-0.05, 0) is 22.9 Å². The molecule has 4 aromatic rings. The molecule has 0 bridgehead atoms. The SMILES string of the molecule is O=C(Cc1cc2c(ccc3ccccc32)oc1=O)c1ccccc1. The minimum Gasteiger partial charge on any atom is -0.422 e. The number of carbonyl (C=O) groups excluding carboxylic acids is 1. The molecule has 0 N–H and O–H groups in total. The summed E-state index contributed by atoms with van der Waals surface area (Å²) in [5.74, 6) is -0.0949. The molecular formula is C21H14O3. The lowest BCUT2D eigenvalue weighted by atomic mass is 10.0. The minimum atomic E-state index is -0.456. The van der Waals surface area contributed by atoms with E-state index >= 15 is 0 Å². The van der Waals surface area contributed by atoms with Crippen LogP contribution < -0.4 is 5.63 Å². The van der Waals surface area contributed by atoms with Crippen molar-refractivity contribution in [2.24, 2.45) is 0 Å². The summed E-state index contributed by atoms with van der Waals surface area (Å²) in [6.45, 7) is 0. The summed E-state index contributed by atoms with van der Waals surface area (Å²) >= 11 is 0. The first kappa shape index (κ1) is 14.4. The number of ketones is 1. The van der Waals surface area contributed by atoms with Crippen molar-refractivity contribution in [2.75, 3.05) is 0 Å². The Hall–Kier alpha value is -3.20. The van der Waals surface area contributed by atoms with Gasteiger partial charge in [-0.1, -0.05) is 60.7 Å². The Kier molecular flexibility index (Phi) is 3.47. The van der Waals surface area contributed by atoms with E-state index in [-0.39, 0.29) is 12.2 Å². The van der Waals surface area contributed by atoms with E-state index in [4.69, 9.17) is 4.42 Å². The molecule has 0 aliphatic heterocycles. The second-order valence-corrected chi connectivity index (χ2v) is 5.72. The summed E-state index contributed by atoms with van der Waals surface area (Å²) < 4.78 is 5.43. The molecule has 1 heterocycles. The molecule has 0 saturated carbocycles. The average molecular weight is 314 g/mol. The predicted molar refractivity (Wildman–Crippen MR) is 94.5 cm³/mol. The molecule has 0 saturated heterocycles. The largest absolute Gasteiger partial charge is 0.422 e. The van der Waals surface area contributed by atoms with E-state index in [0.717, 1.165) is 16.2 Å². The van der Waals surface area contributed by atoms with Gasteiger partial charge in [-0.15, -0.1) is 0 Å². The van der Waals surface area contributed by atoms with E-state index in [1.807, 2.05) is 48.5 Å². The molecule has 0 fully saturated rings. The van der Waals surface area contributed by atoms with Crippen molar-refractivity contribution in [3.63, 3.8) is 0 Å². The highest BCUT2D eigenvalue weighted by Crippen LogP contribution is 2.25. The molecule has 3 aromatic carbocycles. The Bertz CT molecular complexity index is 1110. The van der Waals surface area contributed by atoms with E-state index in [2.05, 4.69) is 0 Å². The van der Waals surface area contributed by atoms with E-state index in [0.29, 0.717) is 16.7 Å². The molecule has 0 aliphatic rings. The first-order valence-corrected chi connectivity index (χ1v) is 7.75. The molecule has 0 atom stereocenters. The van der Waals surface area contributed by atoms with Gasteiger partial charge in [0.25, 0.3) is 0 Å². The molecule has 0 aliphatic carbocycles. The van der Waals surface area contributed by atoms with Gasteiger partial charge in [-0.3, -0.25) is 4.79 Å². The average Bonchev–Trinajstić information content (AvgIpc) is 2.63. The molecule has 1 aromatic heterocycles. The van der Waals surface area contributed by atoms with Gasteiger partial charge in [0, 0.05) is 22.9 Å². The first-order valence-electron chi connectivity index (χ1n) is 7.75. The Morgan fingerprint density at radius 2 is 1.58 bits per heavy atom. The zero-order valence-electron chi connectivity index (χ0n) is 12.9. The Labute approximate surface area is 138 Å². The van der Waals surface area contributed by atoms with Crippen LogP contribution >= 0.6 is 0 Å².